The average molecular weight is 262 g/mol. The smallest absolute Gasteiger partial charge is 0.123 e. The molecule has 19 heavy (non-hydrogen) atoms. The van der Waals surface area contributed by atoms with Crippen molar-refractivity contribution in [2.45, 2.75) is 38.8 Å². The van der Waals surface area contributed by atoms with Gasteiger partial charge in [-0.15, -0.1) is 0 Å². The first-order valence-corrected chi connectivity index (χ1v) is 7.36. The lowest BCUT2D eigenvalue weighted by Crippen LogP contribution is -2.24. The molecule has 0 aromatic heterocycles. The van der Waals surface area contributed by atoms with Crippen molar-refractivity contribution in [3.05, 3.63) is 29.6 Å². The zero-order valence-corrected chi connectivity index (χ0v) is 11.8. The van der Waals surface area contributed by atoms with Crippen molar-refractivity contribution < 1.29 is 4.39 Å². The third kappa shape index (κ3) is 3.27. The third-order valence-electron chi connectivity index (χ3n) is 4.40. The van der Waals surface area contributed by atoms with Gasteiger partial charge in [0.1, 0.15) is 5.82 Å². The summed E-state index contributed by atoms with van der Waals surface area (Å²) in [4.78, 5) is 2.29. The van der Waals surface area contributed by atoms with E-state index in [4.69, 9.17) is 0 Å². The van der Waals surface area contributed by atoms with Crippen LogP contribution >= 0.6 is 0 Å². The minimum absolute atomic E-state index is 0.135. The number of benzene rings is 1. The van der Waals surface area contributed by atoms with Crippen molar-refractivity contribution in [1.82, 2.24) is 5.32 Å². The topological polar surface area (TPSA) is 15.3 Å². The quantitative estimate of drug-likeness (QED) is 0.847. The van der Waals surface area contributed by atoms with Gasteiger partial charge in [-0.25, -0.2) is 4.39 Å². The zero-order valence-electron chi connectivity index (χ0n) is 11.8. The van der Waals surface area contributed by atoms with Gasteiger partial charge in [-0.2, -0.15) is 0 Å². The first-order chi connectivity index (χ1) is 9.13. The molecule has 0 aliphatic heterocycles. The van der Waals surface area contributed by atoms with E-state index >= 15 is 0 Å². The number of nitrogens with zero attached hydrogens (tertiary/aromatic N) is 1. The lowest BCUT2D eigenvalue weighted by molar-refractivity contribution is 0.618. The maximum Gasteiger partial charge on any atom is 0.123 e. The highest BCUT2D eigenvalue weighted by Gasteiger charge is 2.33. The van der Waals surface area contributed by atoms with Crippen molar-refractivity contribution in [3.8, 4) is 0 Å². The highest BCUT2D eigenvalue weighted by atomic mass is 19.1. The summed E-state index contributed by atoms with van der Waals surface area (Å²) >= 11 is 0. The summed E-state index contributed by atoms with van der Waals surface area (Å²) in [6, 6.07) is 5.83. The predicted octanol–water partition coefficient (Wildman–Crippen LogP) is 3.17. The second-order valence-electron chi connectivity index (χ2n) is 6.28. The van der Waals surface area contributed by atoms with Crippen LogP contribution in [0.4, 0.5) is 10.1 Å². The van der Waals surface area contributed by atoms with Crippen molar-refractivity contribution in [1.29, 1.82) is 0 Å². The molecule has 0 amide bonds. The van der Waals surface area contributed by atoms with Crippen LogP contribution in [0, 0.1) is 17.7 Å². The molecule has 104 valence electrons. The number of anilines is 1. The molecule has 0 saturated heterocycles. The maximum absolute atomic E-state index is 13.4. The Morgan fingerprint density at radius 3 is 2.74 bits per heavy atom. The number of rotatable bonds is 6. The second-order valence-corrected chi connectivity index (χ2v) is 6.28. The number of halogens is 1. The normalized spacial score (nSPS) is 25.4. The number of hydrogen-bond donors (Lipinski definition) is 1. The van der Waals surface area contributed by atoms with Gasteiger partial charge in [-0.1, -0.05) is 6.92 Å². The van der Waals surface area contributed by atoms with Crippen LogP contribution in [-0.4, -0.2) is 19.6 Å². The Bertz CT molecular complexity index is 456. The van der Waals surface area contributed by atoms with Gasteiger partial charge in [-0.3, -0.25) is 0 Å². The van der Waals surface area contributed by atoms with Crippen molar-refractivity contribution in [2.24, 2.45) is 11.8 Å². The van der Waals surface area contributed by atoms with E-state index in [-0.39, 0.29) is 5.82 Å². The first kappa shape index (κ1) is 12.9. The highest BCUT2D eigenvalue weighted by Crippen LogP contribution is 2.39. The molecule has 2 aliphatic carbocycles. The number of nitrogens with one attached hydrogen (secondary N) is 1. The van der Waals surface area contributed by atoms with Crippen LogP contribution in [0.1, 0.15) is 31.7 Å². The van der Waals surface area contributed by atoms with Crippen LogP contribution in [0.25, 0.3) is 0 Å². The molecule has 2 unspecified atom stereocenters. The molecule has 3 heteroatoms. The van der Waals surface area contributed by atoms with Crippen LogP contribution in [0.3, 0.4) is 0 Å². The summed E-state index contributed by atoms with van der Waals surface area (Å²) in [7, 11) is 2.12. The summed E-state index contributed by atoms with van der Waals surface area (Å²) in [5.41, 5.74) is 2.26. The molecule has 2 aliphatic rings. The lowest BCUT2D eigenvalue weighted by atomic mass is 10.1. The van der Waals surface area contributed by atoms with Gasteiger partial charge in [0.2, 0.25) is 0 Å². The standard InChI is InChI=1S/C16H23FN2/c1-11-7-13(11)10-19(2)16-6-3-14(17)8-12(16)9-18-15-4-5-15/h3,6,8,11,13,15,18H,4-5,7,9-10H2,1-2H3. The van der Waals surface area contributed by atoms with Crippen molar-refractivity contribution in [2.75, 3.05) is 18.5 Å². The fourth-order valence-electron chi connectivity index (χ4n) is 2.71. The van der Waals surface area contributed by atoms with E-state index in [1.54, 1.807) is 12.1 Å². The Balaban J connectivity index is 1.69. The zero-order chi connectivity index (χ0) is 13.4. The molecule has 2 atom stereocenters. The van der Waals surface area contributed by atoms with Crippen molar-refractivity contribution >= 4 is 5.69 Å². The van der Waals surface area contributed by atoms with Crippen LogP contribution in [0.5, 0.6) is 0 Å². The Morgan fingerprint density at radius 1 is 1.37 bits per heavy atom. The van der Waals surface area contributed by atoms with E-state index in [1.165, 1.54) is 24.9 Å². The molecular formula is C16H23FN2. The molecule has 0 radical (unpaired) electrons. The minimum Gasteiger partial charge on any atom is -0.374 e. The number of hydrogen-bond acceptors (Lipinski definition) is 2. The van der Waals surface area contributed by atoms with E-state index in [0.29, 0.717) is 6.04 Å². The second kappa shape index (κ2) is 5.12. The van der Waals surface area contributed by atoms with Gasteiger partial charge >= 0.3 is 0 Å². The summed E-state index contributed by atoms with van der Waals surface area (Å²) < 4.78 is 13.4. The molecule has 3 rings (SSSR count). The molecule has 1 N–H and O–H groups in total. The summed E-state index contributed by atoms with van der Waals surface area (Å²) in [6.45, 7) is 4.17. The van der Waals surface area contributed by atoms with E-state index in [1.807, 2.05) is 6.07 Å². The Hall–Kier alpha value is -1.09. The fourth-order valence-corrected chi connectivity index (χ4v) is 2.71. The third-order valence-corrected chi connectivity index (χ3v) is 4.40. The van der Waals surface area contributed by atoms with Crippen LogP contribution in [-0.2, 0) is 6.54 Å². The van der Waals surface area contributed by atoms with Crippen LogP contribution in [0.2, 0.25) is 0 Å². The molecule has 2 fully saturated rings. The largest absolute Gasteiger partial charge is 0.374 e. The molecule has 2 saturated carbocycles. The van der Waals surface area contributed by atoms with E-state index in [9.17, 15) is 4.39 Å². The van der Waals surface area contributed by atoms with E-state index in [2.05, 4.69) is 24.2 Å². The molecular weight excluding hydrogens is 239 g/mol. The van der Waals surface area contributed by atoms with Gasteiger partial charge in [0, 0.05) is 31.9 Å². The summed E-state index contributed by atoms with van der Waals surface area (Å²) in [6.07, 6.45) is 3.86. The average Bonchev–Trinajstić information content (AvgIpc) is 3.27. The van der Waals surface area contributed by atoms with E-state index < -0.39 is 0 Å². The Labute approximate surface area is 115 Å². The minimum atomic E-state index is -0.135. The summed E-state index contributed by atoms with van der Waals surface area (Å²) in [5, 5.41) is 3.48. The monoisotopic (exact) mass is 262 g/mol. The molecule has 0 bridgehead atoms. The van der Waals surface area contributed by atoms with Gasteiger partial charge in [0.25, 0.3) is 0 Å². The molecule has 1 aromatic carbocycles. The lowest BCUT2D eigenvalue weighted by Gasteiger charge is -2.23. The molecule has 0 heterocycles. The van der Waals surface area contributed by atoms with Gasteiger partial charge in [0.15, 0.2) is 0 Å². The molecule has 0 spiro atoms. The van der Waals surface area contributed by atoms with Crippen LogP contribution < -0.4 is 10.2 Å². The Kier molecular flexibility index (Phi) is 3.48. The van der Waals surface area contributed by atoms with Crippen molar-refractivity contribution in [3.63, 3.8) is 0 Å². The van der Waals surface area contributed by atoms with Gasteiger partial charge in [0.05, 0.1) is 0 Å². The fraction of sp³-hybridized carbons (Fsp3) is 0.625. The summed E-state index contributed by atoms with van der Waals surface area (Å²) in [5.74, 6) is 1.54. The predicted molar refractivity (Wildman–Crippen MR) is 76.8 cm³/mol. The molecule has 2 nitrogen and oxygen atoms in total. The maximum atomic E-state index is 13.4. The van der Waals surface area contributed by atoms with Gasteiger partial charge in [-0.05, 0) is 54.9 Å². The molecule has 1 aromatic rings. The van der Waals surface area contributed by atoms with E-state index in [0.717, 1.165) is 30.5 Å². The Morgan fingerprint density at radius 2 is 2.11 bits per heavy atom. The van der Waals surface area contributed by atoms with Gasteiger partial charge < -0.3 is 10.2 Å². The van der Waals surface area contributed by atoms with Crippen LogP contribution in [0.15, 0.2) is 18.2 Å². The highest BCUT2D eigenvalue weighted by molar-refractivity contribution is 5.53. The SMILES string of the molecule is CC1CC1CN(C)c1ccc(F)cc1CNC1CC1. The first-order valence-electron chi connectivity index (χ1n) is 7.36.